The van der Waals surface area contributed by atoms with Crippen molar-refractivity contribution in [3.63, 3.8) is 0 Å². The largest absolute Gasteiger partial charge is 0.442 e. The topological polar surface area (TPSA) is 43.4 Å². The van der Waals surface area contributed by atoms with E-state index in [0.717, 1.165) is 5.56 Å². The lowest BCUT2D eigenvalue weighted by Gasteiger charge is -2.14. The zero-order valence-corrected chi connectivity index (χ0v) is 12.5. The lowest BCUT2D eigenvalue weighted by Crippen LogP contribution is -2.19. The van der Waals surface area contributed by atoms with Crippen molar-refractivity contribution in [3.05, 3.63) is 28.8 Å². The van der Waals surface area contributed by atoms with Crippen LogP contribution in [-0.4, -0.2) is 10.9 Å². The van der Waals surface area contributed by atoms with Gasteiger partial charge < -0.3 is 4.74 Å². The zero-order chi connectivity index (χ0) is 13.9. The maximum Gasteiger partial charge on any atom is 0.251 e. The van der Waals surface area contributed by atoms with Crippen molar-refractivity contribution in [2.75, 3.05) is 0 Å². The fourth-order valence-corrected chi connectivity index (χ4v) is 1.91. The number of carbonyl (C=O) groups is 2. The van der Waals surface area contributed by atoms with E-state index in [-0.39, 0.29) is 11.5 Å². The smallest absolute Gasteiger partial charge is 0.251 e. The van der Waals surface area contributed by atoms with Crippen molar-refractivity contribution in [1.82, 2.24) is 0 Å². The van der Waals surface area contributed by atoms with E-state index in [4.69, 9.17) is 4.74 Å². The van der Waals surface area contributed by atoms with E-state index in [1.54, 1.807) is 26.8 Å². The Morgan fingerprint density at radius 2 is 2.00 bits per heavy atom. The number of hydrogen-bond donors (Lipinski definition) is 1. The highest BCUT2D eigenvalue weighted by Crippen LogP contribution is 2.25. The molecule has 0 aromatic carbocycles. The van der Waals surface area contributed by atoms with E-state index in [1.807, 2.05) is 12.3 Å². The Bertz CT molecular complexity index is 493. The molecule has 98 valence electrons. The molecule has 5 heteroatoms. The first-order valence-corrected chi connectivity index (χ1v) is 6.75. The molecule has 0 radical (unpaired) electrons. The van der Waals surface area contributed by atoms with E-state index in [9.17, 15) is 9.59 Å². The van der Waals surface area contributed by atoms with Crippen LogP contribution in [0.4, 0.5) is 0 Å². The molecule has 0 saturated carbocycles. The maximum atomic E-state index is 11.8. The van der Waals surface area contributed by atoms with Crippen molar-refractivity contribution >= 4 is 34.9 Å². The Hall–Kier alpha value is -1.07. The summed E-state index contributed by atoms with van der Waals surface area (Å²) in [6.45, 7) is 7.26. The summed E-state index contributed by atoms with van der Waals surface area (Å²) < 4.78 is 5.40. The van der Waals surface area contributed by atoms with Gasteiger partial charge in [0, 0.05) is 11.5 Å². The van der Waals surface area contributed by atoms with E-state index in [2.05, 4.69) is 12.6 Å². The summed E-state index contributed by atoms with van der Waals surface area (Å²) in [5.41, 5.74) is 0.492. The fourth-order valence-electron chi connectivity index (χ4n) is 1.04. The molecule has 1 rings (SSSR count). The molecule has 1 heterocycles. The van der Waals surface area contributed by atoms with E-state index in [0.29, 0.717) is 5.06 Å². The fraction of sp³-hybridized carbons (Fsp3) is 0.385. The van der Waals surface area contributed by atoms with Crippen molar-refractivity contribution in [2.45, 2.75) is 27.7 Å². The van der Waals surface area contributed by atoms with Crippen LogP contribution in [0, 0.1) is 12.3 Å². The second kappa shape index (κ2) is 5.71. The highest BCUT2D eigenvalue weighted by molar-refractivity contribution is 7.97. The third-order valence-corrected chi connectivity index (χ3v) is 3.27. The Morgan fingerprint density at radius 1 is 1.39 bits per heavy atom. The molecule has 0 spiro atoms. The highest BCUT2D eigenvalue weighted by atomic mass is 32.1. The van der Waals surface area contributed by atoms with Gasteiger partial charge in [0.1, 0.15) is 0 Å². The van der Waals surface area contributed by atoms with Crippen molar-refractivity contribution < 1.29 is 14.3 Å². The van der Waals surface area contributed by atoms with Crippen LogP contribution in [0.1, 0.15) is 26.3 Å². The lowest BCUT2D eigenvalue weighted by molar-refractivity contribution is -0.122. The molecule has 0 aliphatic carbocycles. The van der Waals surface area contributed by atoms with Gasteiger partial charge in [-0.05, 0) is 23.9 Å². The van der Waals surface area contributed by atoms with Gasteiger partial charge >= 0.3 is 0 Å². The molecule has 0 bridgehead atoms. The second-order valence-electron chi connectivity index (χ2n) is 4.97. The summed E-state index contributed by atoms with van der Waals surface area (Å²) in [5, 5.41) is 1.92. The minimum Gasteiger partial charge on any atom is -0.442 e. The molecular formula is C13H16O3S2. The zero-order valence-electron chi connectivity index (χ0n) is 10.8. The first-order valence-electron chi connectivity index (χ1n) is 5.42. The molecule has 0 aliphatic rings. The van der Waals surface area contributed by atoms with Gasteiger partial charge in [-0.1, -0.05) is 33.4 Å². The number of ether oxygens (including phenoxy) is 1. The van der Waals surface area contributed by atoms with Crippen LogP contribution < -0.4 is 4.74 Å². The second-order valence-corrected chi connectivity index (χ2v) is 6.25. The van der Waals surface area contributed by atoms with E-state index < -0.39 is 10.5 Å². The maximum absolute atomic E-state index is 11.8. The molecule has 0 amide bonds. The number of thiol groups is 1. The number of allylic oxidation sites excluding steroid dienone is 1. The van der Waals surface area contributed by atoms with Crippen LogP contribution in [-0.2, 0) is 9.59 Å². The summed E-state index contributed by atoms with van der Waals surface area (Å²) in [6.07, 6.45) is 1.21. The van der Waals surface area contributed by atoms with Crippen molar-refractivity contribution in [3.8, 4) is 5.06 Å². The molecule has 0 unspecified atom stereocenters. The molecule has 1 aromatic heterocycles. The number of aryl methyl sites for hydroxylation is 1. The SMILES string of the molecule is Cc1csc(OC(=CC(=O)C(C)(C)C)C(=O)S)c1. The monoisotopic (exact) mass is 284 g/mol. The summed E-state index contributed by atoms with van der Waals surface area (Å²) >= 11 is 5.09. The Balaban J connectivity index is 2.94. The normalized spacial score (nSPS) is 12.4. The highest BCUT2D eigenvalue weighted by Gasteiger charge is 2.22. The molecule has 0 atom stereocenters. The molecule has 0 fully saturated rings. The summed E-state index contributed by atoms with van der Waals surface area (Å²) in [5.74, 6) is -0.215. The van der Waals surface area contributed by atoms with Crippen LogP contribution in [0.2, 0.25) is 0 Å². The van der Waals surface area contributed by atoms with Gasteiger partial charge in [-0.25, -0.2) is 0 Å². The van der Waals surface area contributed by atoms with Gasteiger partial charge in [0.05, 0.1) is 0 Å². The van der Waals surface area contributed by atoms with Gasteiger partial charge in [-0.2, -0.15) is 0 Å². The van der Waals surface area contributed by atoms with Crippen LogP contribution in [0.25, 0.3) is 0 Å². The van der Waals surface area contributed by atoms with E-state index in [1.165, 1.54) is 17.4 Å². The van der Waals surface area contributed by atoms with Crippen LogP contribution in [0.3, 0.4) is 0 Å². The van der Waals surface area contributed by atoms with E-state index >= 15 is 0 Å². The molecule has 0 N–H and O–H groups in total. The first-order chi connectivity index (χ1) is 8.20. The predicted octanol–water partition coefficient (Wildman–Crippen LogP) is 3.39. The Kier molecular flexibility index (Phi) is 4.76. The van der Waals surface area contributed by atoms with Crippen molar-refractivity contribution in [2.24, 2.45) is 5.41 Å². The first kappa shape index (κ1) is 15.0. The molecule has 18 heavy (non-hydrogen) atoms. The molecular weight excluding hydrogens is 268 g/mol. The Labute approximate surface area is 116 Å². The van der Waals surface area contributed by atoms with Crippen LogP contribution in [0.5, 0.6) is 5.06 Å². The van der Waals surface area contributed by atoms with Crippen molar-refractivity contribution in [1.29, 1.82) is 0 Å². The quantitative estimate of drug-likeness (QED) is 0.523. The van der Waals surface area contributed by atoms with Gasteiger partial charge in [0.15, 0.2) is 16.6 Å². The molecule has 0 aliphatic heterocycles. The van der Waals surface area contributed by atoms with Gasteiger partial charge in [0.2, 0.25) is 0 Å². The van der Waals surface area contributed by atoms with Gasteiger partial charge in [-0.15, -0.1) is 11.3 Å². The average molecular weight is 284 g/mol. The molecule has 0 saturated heterocycles. The number of rotatable bonds is 4. The number of ketones is 1. The third kappa shape index (κ3) is 4.31. The summed E-state index contributed by atoms with van der Waals surface area (Å²) in [4.78, 5) is 23.2. The summed E-state index contributed by atoms with van der Waals surface area (Å²) in [7, 11) is 0. The van der Waals surface area contributed by atoms with Crippen LogP contribution >= 0.6 is 24.0 Å². The van der Waals surface area contributed by atoms with Crippen LogP contribution in [0.15, 0.2) is 23.3 Å². The number of thiophene rings is 1. The number of carbonyl (C=O) groups excluding carboxylic acids is 2. The predicted molar refractivity (Wildman–Crippen MR) is 76.2 cm³/mol. The third-order valence-electron chi connectivity index (χ3n) is 2.13. The molecule has 1 aromatic rings. The minimum absolute atomic E-state index is 0.0416. The average Bonchev–Trinajstić information content (AvgIpc) is 2.61. The number of hydrogen-bond acceptors (Lipinski definition) is 4. The van der Waals surface area contributed by atoms with Gasteiger partial charge in [-0.3, -0.25) is 9.59 Å². The lowest BCUT2D eigenvalue weighted by atomic mass is 9.90. The minimum atomic E-state index is -0.557. The standard InChI is InChI=1S/C13H16O3S2/c1-8-5-11(18-7-8)16-9(12(15)17)6-10(14)13(2,3)4/h5-7H,1-4H3,(H,15,17). The Morgan fingerprint density at radius 3 is 2.39 bits per heavy atom. The summed E-state index contributed by atoms with van der Waals surface area (Å²) in [6, 6.07) is 1.80. The molecule has 3 nitrogen and oxygen atoms in total. The van der Waals surface area contributed by atoms with Gasteiger partial charge in [0.25, 0.3) is 5.12 Å².